The lowest BCUT2D eigenvalue weighted by molar-refractivity contribution is -0.198. The third-order valence-electron chi connectivity index (χ3n) is 8.73. The van der Waals surface area contributed by atoms with Gasteiger partial charge in [0.25, 0.3) is 0 Å². The van der Waals surface area contributed by atoms with E-state index >= 15 is 0 Å². The molecule has 0 bridgehead atoms. The van der Waals surface area contributed by atoms with E-state index in [1.807, 2.05) is 13.8 Å². The molecule has 0 N–H and O–H groups in total. The van der Waals surface area contributed by atoms with Gasteiger partial charge in [-0.05, 0) is 56.3 Å². The van der Waals surface area contributed by atoms with Crippen LogP contribution in [0.25, 0.3) is 0 Å². The van der Waals surface area contributed by atoms with Gasteiger partial charge >= 0.3 is 0 Å². The summed E-state index contributed by atoms with van der Waals surface area (Å²) >= 11 is 0. The molecule has 39 heavy (non-hydrogen) atoms. The Morgan fingerprint density at radius 1 is 0.385 bits per heavy atom. The molecule has 4 heteroatoms. The smallest absolute Gasteiger partial charge is 0.164 e. The summed E-state index contributed by atoms with van der Waals surface area (Å²) in [4.78, 5) is 0. The third-order valence-corrected chi connectivity index (χ3v) is 8.73. The molecule has 0 rings (SSSR count). The molecule has 0 spiro atoms. The lowest BCUT2D eigenvalue weighted by atomic mass is 9.91. The highest BCUT2D eigenvalue weighted by atomic mass is 16.7. The minimum absolute atomic E-state index is 0.391. The highest BCUT2D eigenvalue weighted by molar-refractivity contribution is 4.65. The van der Waals surface area contributed by atoms with Crippen LogP contribution in [0, 0.1) is 29.6 Å². The third kappa shape index (κ3) is 25.3. The van der Waals surface area contributed by atoms with Crippen molar-refractivity contribution in [2.24, 2.45) is 29.6 Å². The summed E-state index contributed by atoms with van der Waals surface area (Å²) in [6.45, 7) is 20.5. The maximum atomic E-state index is 5.41. The van der Waals surface area contributed by atoms with Crippen molar-refractivity contribution in [1.82, 2.24) is 0 Å². The Bertz CT molecular complexity index is 511. The summed E-state index contributed by atoms with van der Waals surface area (Å²) in [5.41, 5.74) is 0. The van der Waals surface area contributed by atoms with E-state index in [-0.39, 0.29) is 0 Å². The molecule has 0 aromatic heterocycles. The van der Waals surface area contributed by atoms with E-state index in [2.05, 4.69) is 48.5 Å². The van der Waals surface area contributed by atoms with Crippen LogP contribution in [0.5, 0.6) is 0 Å². The molecule has 3 atom stereocenters. The molecular weight excluding hydrogens is 484 g/mol. The Kier molecular flexibility index (Phi) is 25.7. The highest BCUT2D eigenvalue weighted by Crippen LogP contribution is 2.25. The molecule has 0 amide bonds. The van der Waals surface area contributed by atoms with Gasteiger partial charge in [0.15, 0.2) is 11.6 Å². The van der Waals surface area contributed by atoms with Crippen LogP contribution in [-0.2, 0) is 18.9 Å². The average molecular weight is 559 g/mol. The summed E-state index contributed by atoms with van der Waals surface area (Å²) in [5, 5.41) is 0. The minimum atomic E-state index is -0.398. The van der Waals surface area contributed by atoms with Crippen molar-refractivity contribution in [3.8, 4) is 0 Å². The first-order chi connectivity index (χ1) is 18.3. The number of methoxy groups -OCH3 is 4. The molecule has 4 nitrogen and oxygen atoms in total. The Balaban J connectivity index is 0. The second-order valence-electron chi connectivity index (χ2n) is 13.8. The molecule has 0 saturated carbocycles. The molecule has 0 fully saturated rings. The molecule has 0 aliphatic carbocycles. The topological polar surface area (TPSA) is 36.9 Å². The van der Waals surface area contributed by atoms with Crippen LogP contribution < -0.4 is 0 Å². The maximum absolute atomic E-state index is 5.41. The van der Waals surface area contributed by atoms with E-state index in [1.54, 1.807) is 28.4 Å². The minimum Gasteiger partial charge on any atom is -0.353 e. The van der Waals surface area contributed by atoms with Crippen LogP contribution in [-0.4, -0.2) is 40.0 Å². The average Bonchev–Trinajstić information content (AvgIpc) is 2.88. The van der Waals surface area contributed by atoms with E-state index in [4.69, 9.17) is 18.9 Å². The molecule has 0 aliphatic rings. The first-order valence-corrected chi connectivity index (χ1v) is 16.5. The molecule has 238 valence electrons. The summed E-state index contributed by atoms with van der Waals surface area (Å²) in [6, 6.07) is 0. The summed E-state index contributed by atoms with van der Waals surface area (Å²) in [7, 11) is 6.90. The maximum Gasteiger partial charge on any atom is 0.164 e. The molecule has 3 unspecified atom stereocenters. The molecule has 0 aliphatic heterocycles. The van der Waals surface area contributed by atoms with Crippen molar-refractivity contribution in [2.45, 2.75) is 170 Å². The van der Waals surface area contributed by atoms with Gasteiger partial charge in [-0.1, -0.05) is 119 Å². The molecule has 0 saturated heterocycles. The van der Waals surface area contributed by atoms with Gasteiger partial charge in [-0.2, -0.15) is 0 Å². The fourth-order valence-corrected chi connectivity index (χ4v) is 5.12. The standard InChI is InChI=1S/C20H42O2.C15H32O2/c1-17(2)11-8-12-18(3)13-9-14-19(4)15-10-16-20(5,21-6)22-7;1-13(2)9-7-10-14(3)11-8-12-15(4,16-5)17-6/h17-19H,8-16H2,1-7H3;13-14H,7-12H2,1-6H3. The predicted molar refractivity (Wildman–Crippen MR) is 171 cm³/mol. The molecular formula is C35H74O4. The van der Waals surface area contributed by atoms with Crippen LogP contribution in [0.4, 0.5) is 0 Å². The second-order valence-corrected chi connectivity index (χ2v) is 13.8. The zero-order chi connectivity index (χ0) is 30.3. The number of rotatable bonds is 24. The number of ether oxygens (including phenoxy) is 4. The van der Waals surface area contributed by atoms with Crippen LogP contribution in [0.15, 0.2) is 0 Å². The van der Waals surface area contributed by atoms with Crippen LogP contribution in [0.1, 0.15) is 159 Å². The first-order valence-electron chi connectivity index (χ1n) is 16.5. The van der Waals surface area contributed by atoms with Gasteiger partial charge < -0.3 is 18.9 Å². The Morgan fingerprint density at radius 2 is 0.615 bits per heavy atom. The van der Waals surface area contributed by atoms with Gasteiger partial charge in [-0.3, -0.25) is 0 Å². The van der Waals surface area contributed by atoms with Crippen molar-refractivity contribution < 1.29 is 18.9 Å². The van der Waals surface area contributed by atoms with Crippen LogP contribution in [0.3, 0.4) is 0 Å². The Labute approximate surface area is 247 Å². The monoisotopic (exact) mass is 559 g/mol. The first kappa shape index (κ1) is 41.0. The van der Waals surface area contributed by atoms with Gasteiger partial charge in [-0.15, -0.1) is 0 Å². The van der Waals surface area contributed by atoms with E-state index in [0.717, 1.165) is 42.4 Å². The fourth-order valence-electron chi connectivity index (χ4n) is 5.12. The van der Waals surface area contributed by atoms with Gasteiger partial charge in [0.2, 0.25) is 0 Å². The molecule has 0 heterocycles. The molecule has 0 radical (unpaired) electrons. The van der Waals surface area contributed by atoms with E-state index in [1.165, 1.54) is 83.5 Å². The fraction of sp³-hybridized carbons (Fsp3) is 1.00. The Hall–Kier alpha value is -0.160. The van der Waals surface area contributed by atoms with Crippen molar-refractivity contribution in [3.05, 3.63) is 0 Å². The lowest BCUT2D eigenvalue weighted by Gasteiger charge is -2.26. The van der Waals surface area contributed by atoms with E-state index in [0.29, 0.717) is 0 Å². The molecule has 0 aromatic carbocycles. The zero-order valence-electron chi connectivity index (χ0n) is 29.1. The van der Waals surface area contributed by atoms with E-state index < -0.39 is 11.6 Å². The summed E-state index contributed by atoms with van der Waals surface area (Å²) < 4.78 is 21.5. The highest BCUT2D eigenvalue weighted by Gasteiger charge is 2.23. The number of hydrogen-bond acceptors (Lipinski definition) is 4. The number of hydrogen-bond donors (Lipinski definition) is 0. The van der Waals surface area contributed by atoms with E-state index in [9.17, 15) is 0 Å². The van der Waals surface area contributed by atoms with Crippen LogP contribution in [0.2, 0.25) is 0 Å². The predicted octanol–water partition coefficient (Wildman–Crippen LogP) is 11.1. The lowest BCUT2D eigenvalue weighted by Crippen LogP contribution is -2.29. The molecule has 0 aromatic rings. The van der Waals surface area contributed by atoms with Gasteiger partial charge in [-0.25, -0.2) is 0 Å². The SMILES string of the molecule is COC(C)(CCCC(C)CCCC(C)C)OC.COC(C)(CCCC(C)CCCC(C)CCCC(C)C)OC. The second kappa shape index (κ2) is 24.4. The van der Waals surface area contributed by atoms with Crippen molar-refractivity contribution in [1.29, 1.82) is 0 Å². The van der Waals surface area contributed by atoms with Crippen molar-refractivity contribution in [2.75, 3.05) is 28.4 Å². The quantitative estimate of drug-likeness (QED) is 0.110. The normalized spacial score (nSPS) is 14.8. The van der Waals surface area contributed by atoms with Crippen LogP contribution >= 0.6 is 0 Å². The largest absolute Gasteiger partial charge is 0.353 e. The Morgan fingerprint density at radius 3 is 0.846 bits per heavy atom. The van der Waals surface area contributed by atoms with Crippen molar-refractivity contribution >= 4 is 0 Å². The summed E-state index contributed by atoms with van der Waals surface area (Å²) in [5.74, 6) is 3.45. The zero-order valence-corrected chi connectivity index (χ0v) is 29.1. The van der Waals surface area contributed by atoms with Gasteiger partial charge in [0, 0.05) is 41.3 Å². The van der Waals surface area contributed by atoms with Gasteiger partial charge in [0.1, 0.15) is 0 Å². The van der Waals surface area contributed by atoms with Gasteiger partial charge in [0.05, 0.1) is 0 Å². The van der Waals surface area contributed by atoms with Crippen molar-refractivity contribution in [3.63, 3.8) is 0 Å². The summed E-state index contributed by atoms with van der Waals surface area (Å²) in [6.07, 6.45) is 19.3.